The summed E-state index contributed by atoms with van der Waals surface area (Å²) in [6.07, 6.45) is 26.1. The van der Waals surface area contributed by atoms with Gasteiger partial charge in [0.1, 0.15) is 19.3 Å². The first-order chi connectivity index (χ1) is 14.6. The molecule has 0 aromatic carbocycles. The molecule has 0 spiro atoms. The number of aliphatic carboxylic acids is 1. The van der Waals surface area contributed by atoms with Gasteiger partial charge in [0.2, 0.25) is 5.84 Å². The maximum Gasteiger partial charge on any atom is 0.207 e. The molecule has 30 heavy (non-hydrogen) atoms. The van der Waals surface area contributed by atoms with Crippen LogP contribution in [0.4, 0.5) is 0 Å². The highest BCUT2D eigenvalue weighted by Gasteiger charge is 2.34. The lowest BCUT2D eigenvalue weighted by Gasteiger charge is -2.32. The molecule has 0 amide bonds. The van der Waals surface area contributed by atoms with Crippen molar-refractivity contribution in [2.45, 2.75) is 116 Å². The zero-order valence-corrected chi connectivity index (χ0v) is 19.6. The van der Waals surface area contributed by atoms with Crippen molar-refractivity contribution >= 4 is 11.8 Å². The van der Waals surface area contributed by atoms with Crippen molar-refractivity contribution in [2.75, 3.05) is 19.6 Å². The molecular formula is C25H47N3O2. The van der Waals surface area contributed by atoms with Crippen molar-refractivity contribution in [3.8, 4) is 0 Å². The first-order valence-corrected chi connectivity index (χ1v) is 12.7. The normalized spacial score (nSPS) is 18.1. The van der Waals surface area contributed by atoms with Crippen LogP contribution in [0.3, 0.4) is 0 Å². The molecule has 0 aromatic heterocycles. The zero-order valence-electron chi connectivity index (χ0n) is 19.6. The quantitative estimate of drug-likeness (QED) is 0.208. The van der Waals surface area contributed by atoms with Crippen molar-refractivity contribution in [3.63, 3.8) is 0 Å². The van der Waals surface area contributed by atoms with Crippen molar-refractivity contribution in [3.05, 3.63) is 12.4 Å². The summed E-state index contributed by atoms with van der Waals surface area (Å²) in [6.45, 7) is 3.22. The van der Waals surface area contributed by atoms with E-state index < -0.39 is 5.97 Å². The number of aliphatic imine (C=N–C) groups is 1. The monoisotopic (exact) mass is 421 g/mol. The highest BCUT2D eigenvalue weighted by atomic mass is 16.4. The molecule has 0 aromatic rings. The Labute approximate surface area is 185 Å². The van der Waals surface area contributed by atoms with Crippen LogP contribution in [0.25, 0.3) is 0 Å². The lowest BCUT2D eigenvalue weighted by atomic mass is 10.0. The molecule has 5 nitrogen and oxygen atoms in total. The number of nitrogens with zero attached hydrogens (tertiary/aromatic N) is 2. The van der Waals surface area contributed by atoms with Gasteiger partial charge in [-0.05, 0) is 6.42 Å². The molecule has 1 rings (SSSR count). The number of hydrogen-bond donors (Lipinski definition) is 1. The van der Waals surface area contributed by atoms with Crippen molar-refractivity contribution in [1.82, 2.24) is 0 Å². The number of carbonyl (C=O) groups excluding carboxylic acids is 1. The Morgan fingerprint density at radius 1 is 0.867 bits per heavy atom. The maximum atomic E-state index is 11.1. The third-order valence-corrected chi connectivity index (χ3v) is 6.28. The molecule has 1 unspecified atom stereocenters. The average Bonchev–Trinajstić information content (AvgIpc) is 3.09. The number of rotatable bonds is 21. The van der Waals surface area contributed by atoms with Crippen LogP contribution in [0.5, 0.6) is 0 Å². The number of nitrogens with two attached hydrogens (primary N) is 1. The number of carbonyl (C=O) groups is 1. The van der Waals surface area contributed by atoms with E-state index >= 15 is 0 Å². The fraction of sp³-hybridized carbons (Fsp3) is 0.840. The van der Waals surface area contributed by atoms with Gasteiger partial charge in [0.25, 0.3) is 0 Å². The van der Waals surface area contributed by atoms with Gasteiger partial charge in [0.15, 0.2) is 0 Å². The molecular weight excluding hydrogens is 374 g/mol. The van der Waals surface area contributed by atoms with E-state index in [0.717, 1.165) is 18.7 Å². The Balaban J connectivity index is 1.95. The van der Waals surface area contributed by atoms with Crippen LogP contribution in [0.2, 0.25) is 0 Å². The first-order valence-electron chi connectivity index (χ1n) is 12.7. The number of quaternary nitrogens is 1. The molecule has 1 atom stereocenters. The molecule has 1 aliphatic rings. The molecule has 5 heteroatoms. The SMILES string of the molecule is CCCCCCCCCCCCCCCCCCC1=NC=C[N+]1(CCN)CC(=O)[O-]. The Hall–Kier alpha value is -1.20. The Morgan fingerprint density at radius 3 is 1.77 bits per heavy atom. The summed E-state index contributed by atoms with van der Waals surface area (Å²) in [5.41, 5.74) is 5.70. The molecule has 0 radical (unpaired) electrons. The van der Waals surface area contributed by atoms with Crippen LogP contribution in [-0.4, -0.2) is 35.9 Å². The molecule has 0 fully saturated rings. The van der Waals surface area contributed by atoms with Crippen LogP contribution < -0.4 is 10.8 Å². The van der Waals surface area contributed by atoms with Gasteiger partial charge in [0, 0.05) is 13.0 Å². The summed E-state index contributed by atoms with van der Waals surface area (Å²) in [4.78, 5) is 15.6. The summed E-state index contributed by atoms with van der Waals surface area (Å²) < 4.78 is 0.248. The molecule has 174 valence electrons. The number of unbranched alkanes of at least 4 members (excludes halogenated alkanes) is 15. The van der Waals surface area contributed by atoms with E-state index in [1.807, 2.05) is 6.20 Å². The number of carboxylic acids is 1. The molecule has 0 aliphatic carbocycles. The van der Waals surface area contributed by atoms with E-state index in [-0.39, 0.29) is 11.0 Å². The molecule has 0 saturated heterocycles. The lowest BCUT2D eigenvalue weighted by Crippen LogP contribution is -2.55. The topological polar surface area (TPSA) is 78.5 Å². The van der Waals surface area contributed by atoms with Gasteiger partial charge in [-0.1, -0.05) is 103 Å². The van der Waals surface area contributed by atoms with Crippen LogP contribution in [0.15, 0.2) is 17.4 Å². The first kappa shape index (κ1) is 26.8. The van der Waals surface area contributed by atoms with E-state index in [0.29, 0.717) is 13.1 Å². The summed E-state index contributed by atoms with van der Waals surface area (Å²) in [5.74, 6) is -0.121. The second kappa shape index (κ2) is 17.5. The maximum absolute atomic E-state index is 11.1. The summed E-state index contributed by atoms with van der Waals surface area (Å²) in [6, 6.07) is 0. The van der Waals surface area contributed by atoms with E-state index in [1.54, 1.807) is 6.20 Å². The fourth-order valence-corrected chi connectivity index (χ4v) is 4.45. The Kier molecular flexibility index (Phi) is 15.6. The number of hydrogen-bond acceptors (Lipinski definition) is 4. The van der Waals surface area contributed by atoms with E-state index in [2.05, 4.69) is 11.9 Å². The zero-order chi connectivity index (χ0) is 21.9. The fourth-order valence-electron chi connectivity index (χ4n) is 4.45. The molecule has 1 aliphatic heterocycles. The smallest absolute Gasteiger partial charge is 0.207 e. The minimum atomic E-state index is -1.05. The highest BCUT2D eigenvalue weighted by molar-refractivity contribution is 5.80. The predicted octanol–water partition coefficient (Wildman–Crippen LogP) is 5.05. The van der Waals surface area contributed by atoms with Crippen LogP contribution >= 0.6 is 0 Å². The van der Waals surface area contributed by atoms with Crippen LogP contribution in [-0.2, 0) is 4.79 Å². The van der Waals surface area contributed by atoms with E-state index in [9.17, 15) is 9.90 Å². The van der Waals surface area contributed by atoms with Gasteiger partial charge in [-0.25, -0.2) is 9.48 Å². The van der Waals surface area contributed by atoms with E-state index in [1.165, 1.54) is 96.3 Å². The van der Waals surface area contributed by atoms with Crippen molar-refractivity contribution < 1.29 is 14.4 Å². The van der Waals surface area contributed by atoms with Gasteiger partial charge in [-0.3, -0.25) is 0 Å². The van der Waals surface area contributed by atoms with Gasteiger partial charge in [-0.2, -0.15) is 0 Å². The number of carboxylic acid groups (broad SMARTS) is 1. The van der Waals surface area contributed by atoms with Gasteiger partial charge < -0.3 is 15.6 Å². The predicted molar refractivity (Wildman–Crippen MR) is 125 cm³/mol. The Morgan fingerprint density at radius 2 is 1.33 bits per heavy atom. The Bertz CT molecular complexity index is 505. The third kappa shape index (κ3) is 11.8. The molecule has 0 bridgehead atoms. The summed E-state index contributed by atoms with van der Waals surface area (Å²) >= 11 is 0. The molecule has 0 saturated carbocycles. The van der Waals surface area contributed by atoms with Crippen LogP contribution in [0.1, 0.15) is 116 Å². The van der Waals surface area contributed by atoms with Gasteiger partial charge in [0.05, 0.1) is 12.2 Å². The van der Waals surface area contributed by atoms with Crippen molar-refractivity contribution in [2.24, 2.45) is 10.7 Å². The van der Waals surface area contributed by atoms with E-state index in [4.69, 9.17) is 5.73 Å². The lowest BCUT2D eigenvalue weighted by molar-refractivity contribution is -0.780. The number of amidine groups is 1. The second-order valence-corrected chi connectivity index (χ2v) is 8.97. The van der Waals surface area contributed by atoms with Gasteiger partial charge >= 0.3 is 0 Å². The van der Waals surface area contributed by atoms with Crippen molar-refractivity contribution in [1.29, 1.82) is 0 Å². The summed E-state index contributed by atoms with van der Waals surface area (Å²) in [5, 5.41) is 11.1. The standard InChI is InChI=1S/C25H47N3O2/c1-2-3-4-5-6-7-8-9-10-11-12-13-14-15-16-17-18-24-27-20-22-28(24,21-19-26)23-25(29)30/h20,22H,2-19,21,23,26H2,1H3. The largest absolute Gasteiger partial charge is 0.544 e. The summed E-state index contributed by atoms with van der Waals surface area (Å²) in [7, 11) is 0. The van der Waals surface area contributed by atoms with Gasteiger partial charge in [-0.15, -0.1) is 0 Å². The minimum Gasteiger partial charge on any atom is -0.544 e. The highest BCUT2D eigenvalue weighted by Crippen LogP contribution is 2.21. The molecule has 1 heterocycles. The second-order valence-electron chi connectivity index (χ2n) is 8.97. The third-order valence-electron chi connectivity index (χ3n) is 6.28. The molecule has 2 N–H and O–H groups in total. The average molecular weight is 422 g/mol. The minimum absolute atomic E-state index is 0.0641. The van der Waals surface area contributed by atoms with Crippen LogP contribution in [0, 0.1) is 0 Å².